The van der Waals surface area contributed by atoms with Crippen molar-refractivity contribution in [1.29, 1.82) is 0 Å². The Labute approximate surface area is 153 Å². The molecule has 1 amide bonds. The molecule has 2 aromatic heterocycles. The second-order valence-electron chi connectivity index (χ2n) is 7.35. The van der Waals surface area contributed by atoms with Crippen molar-refractivity contribution in [2.75, 3.05) is 0 Å². The van der Waals surface area contributed by atoms with Gasteiger partial charge in [-0.2, -0.15) is 5.10 Å². The number of allylic oxidation sites excluding steroid dienone is 2. The van der Waals surface area contributed by atoms with Gasteiger partial charge >= 0.3 is 0 Å². The topological polar surface area (TPSA) is 72.7 Å². The summed E-state index contributed by atoms with van der Waals surface area (Å²) >= 11 is 0. The van der Waals surface area contributed by atoms with Gasteiger partial charge in [0.1, 0.15) is 6.33 Å². The summed E-state index contributed by atoms with van der Waals surface area (Å²) in [6.45, 7) is 0. The Balaban J connectivity index is 1.28. The third-order valence-electron chi connectivity index (χ3n) is 5.48. The van der Waals surface area contributed by atoms with E-state index in [1.807, 2.05) is 12.3 Å². The molecule has 1 atom stereocenters. The highest BCUT2D eigenvalue weighted by Crippen LogP contribution is 2.29. The van der Waals surface area contributed by atoms with Crippen molar-refractivity contribution < 1.29 is 4.79 Å². The molecule has 4 rings (SSSR count). The second-order valence-corrected chi connectivity index (χ2v) is 7.35. The maximum absolute atomic E-state index is 12.2. The van der Waals surface area contributed by atoms with Crippen molar-refractivity contribution >= 4 is 5.91 Å². The Hall–Kier alpha value is -2.50. The first-order chi connectivity index (χ1) is 12.8. The Morgan fingerprint density at radius 1 is 1.23 bits per heavy atom. The molecule has 136 valence electrons. The molecule has 2 aliphatic carbocycles. The van der Waals surface area contributed by atoms with E-state index < -0.39 is 0 Å². The fourth-order valence-electron chi connectivity index (χ4n) is 4.01. The van der Waals surface area contributed by atoms with Gasteiger partial charge in [0.25, 0.3) is 0 Å². The SMILES string of the molecule is O=C(CC1C=CCC1)NC1CCC(n2cc(-c3ccncn3)cn2)CC1. The summed E-state index contributed by atoms with van der Waals surface area (Å²) in [6.07, 6.45) is 18.6. The summed E-state index contributed by atoms with van der Waals surface area (Å²) in [5, 5.41) is 7.76. The fraction of sp³-hybridized carbons (Fsp3) is 0.500. The van der Waals surface area contributed by atoms with E-state index in [0.29, 0.717) is 24.4 Å². The van der Waals surface area contributed by atoms with E-state index in [4.69, 9.17) is 0 Å². The number of aromatic nitrogens is 4. The highest BCUT2D eigenvalue weighted by molar-refractivity contribution is 5.76. The van der Waals surface area contributed by atoms with Crippen molar-refractivity contribution in [1.82, 2.24) is 25.1 Å². The first-order valence-corrected chi connectivity index (χ1v) is 9.54. The Morgan fingerprint density at radius 3 is 2.85 bits per heavy atom. The molecule has 26 heavy (non-hydrogen) atoms. The number of carbonyl (C=O) groups excluding carboxylic acids is 1. The van der Waals surface area contributed by atoms with Gasteiger partial charge in [-0.05, 0) is 50.5 Å². The number of carbonyl (C=O) groups is 1. The number of hydrogen-bond acceptors (Lipinski definition) is 4. The van der Waals surface area contributed by atoms with Crippen molar-refractivity contribution in [2.45, 2.75) is 57.0 Å². The van der Waals surface area contributed by atoms with Crippen LogP contribution in [0.4, 0.5) is 0 Å². The van der Waals surface area contributed by atoms with E-state index in [1.54, 1.807) is 12.5 Å². The first-order valence-electron chi connectivity index (χ1n) is 9.54. The molecule has 6 heteroatoms. The van der Waals surface area contributed by atoms with E-state index >= 15 is 0 Å². The molecule has 2 aromatic rings. The molecule has 0 radical (unpaired) electrons. The van der Waals surface area contributed by atoms with Crippen molar-refractivity contribution in [2.24, 2.45) is 5.92 Å². The van der Waals surface area contributed by atoms with Crippen LogP contribution in [0.5, 0.6) is 0 Å². The van der Waals surface area contributed by atoms with Crippen LogP contribution < -0.4 is 5.32 Å². The lowest BCUT2D eigenvalue weighted by Crippen LogP contribution is -2.38. The van der Waals surface area contributed by atoms with Crippen molar-refractivity contribution in [3.8, 4) is 11.3 Å². The predicted molar refractivity (Wildman–Crippen MR) is 99.2 cm³/mol. The van der Waals surface area contributed by atoms with Gasteiger partial charge in [-0.25, -0.2) is 9.97 Å². The molecule has 0 bridgehead atoms. The number of nitrogens with zero attached hydrogens (tertiary/aromatic N) is 4. The van der Waals surface area contributed by atoms with Crippen LogP contribution in [0.1, 0.15) is 51.0 Å². The molecule has 1 N–H and O–H groups in total. The number of amides is 1. The maximum Gasteiger partial charge on any atom is 0.220 e. The average molecular weight is 351 g/mol. The van der Waals surface area contributed by atoms with Gasteiger partial charge in [0, 0.05) is 30.4 Å². The Morgan fingerprint density at radius 2 is 2.12 bits per heavy atom. The van der Waals surface area contributed by atoms with E-state index in [1.165, 1.54) is 0 Å². The minimum Gasteiger partial charge on any atom is -0.353 e. The Bertz CT molecular complexity index is 762. The monoisotopic (exact) mass is 351 g/mol. The van der Waals surface area contributed by atoms with Gasteiger partial charge in [-0.3, -0.25) is 9.48 Å². The third kappa shape index (κ3) is 4.00. The summed E-state index contributed by atoms with van der Waals surface area (Å²) in [6, 6.07) is 2.60. The molecule has 2 aliphatic rings. The average Bonchev–Trinajstić information content (AvgIpc) is 3.35. The molecule has 0 spiro atoms. The molecule has 0 saturated heterocycles. The summed E-state index contributed by atoms with van der Waals surface area (Å²) in [4.78, 5) is 20.4. The molecular weight excluding hydrogens is 326 g/mol. The molecule has 1 unspecified atom stereocenters. The number of rotatable bonds is 5. The molecular formula is C20H25N5O. The Kier molecular flexibility index (Phi) is 5.09. The van der Waals surface area contributed by atoms with Crippen LogP contribution in [0.25, 0.3) is 11.3 Å². The first kappa shape index (κ1) is 16.9. The zero-order chi connectivity index (χ0) is 17.8. The molecule has 0 aromatic carbocycles. The number of hydrogen-bond donors (Lipinski definition) is 1. The van der Waals surface area contributed by atoms with E-state index in [0.717, 1.165) is 49.8 Å². The molecule has 1 saturated carbocycles. The number of nitrogens with one attached hydrogen (secondary N) is 1. The van der Waals surface area contributed by atoms with Gasteiger partial charge in [0.2, 0.25) is 5.91 Å². The zero-order valence-electron chi connectivity index (χ0n) is 14.9. The molecule has 2 heterocycles. The fourth-order valence-corrected chi connectivity index (χ4v) is 4.01. The minimum absolute atomic E-state index is 0.204. The van der Waals surface area contributed by atoms with Crippen LogP contribution in [0.2, 0.25) is 0 Å². The van der Waals surface area contributed by atoms with Crippen LogP contribution in [-0.4, -0.2) is 31.7 Å². The highest BCUT2D eigenvalue weighted by Gasteiger charge is 2.25. The van der Waals surface area contributed by atoms with Crippen LogP contribution >= 0.6 is 0 Å². The lowest BCUT2D eigenvalue weighted by atomic mass is 9.91. The quantitative estimate of drug-likeness (QED) is 0.839. The minimum atomic E-state index is 0.204. The van der Waals surface area contributed by atoms with E-state index in [-0.39, 0.29) is 5.91 Å². The maximum atomic E-state index is 12.2. The summed E-state index contributed by atoms with van der Waals surface area (Å²) in [5.41, 5.74) is 1.92. The lowest BCUT2D eigenvalue weighted by Gasteiger charge is -2.29. The summed E-state index contributed by atoms with van der Waals surface area (Å²) in [7, 11) is 0. The zero-order valence-corrected chi connectivity index (χ0v) is 14.9. The van der Waals surface area contributed by atoms with Gasteiger partial charge in [-0.15, -0.1) is 0 Å². The van der Waals surface area contributed by atoms with Crippen molar-refractivity contribution in [3.05, 3.63) is 43.1 Å². The van der Waals surface area contributed by atoms with E-state index in [9.17, 15) is 4.79 Å². The van der Waals surface area contributed by atoms with Crippen LogP contribution in [0.3, 0.4) is 0 Å². The summed E-state index contributed by atoms with van der Waals surface area (Å²) in [5.74, 6) is 0.644. The van der Waals surface area contributed by atoms with Gasteiger partial charge in [-0.1, -0.05) is 12.2 Å². The van der Waals surface area contributed by atoms with Gasteiger partial charge in [0.15, 0.2) is 0 Å². The molecule has 0 aliphatic heterocycles. The largest absolute Gasteiger partial charge is 0.353 e. The highest BCUT2D eigenvalue weighted by atomic mass is 16.1. The van der Waals surface area contributed by atoms with Crippen molar-refractivity contribution in [3.63, 3.8) is 0 Å². The second kappa shape index (κ2) is 7.81. The molecule has 1 fully saturated rings. The normalized spacial score (nSPS) is 25.3. The smallest absolute Gasteiger partial charge is 0.220 e. The van der Waals surface area contributed by atoms with Crippen LogP contribution in [-0.2, 0) is 4.79 Å². The lowest BCUT2D eigenvalue weighted by molar-refractivity contribution is -0.122. The summed E-state index contributed by atoms with van der Waals surface area (Å²) < 4.78 is 2.05. The van der Waals surface area contributed by atoms with Gasteiger partial charge in [0.05, 0.1) is 17.9 Å². The van der Waals surface area contributed by atoms with Crippen LogP contribution in [0.15, 0.2) is 43.1 Å². The predicted octanol–water partition coefficient (Wildman–Crippen LogP) is 3.30. The third-order valence-corrected chi connectivity index (χ3v) is 5.48. The standard InChI is InChI=1S/C20H25N5O/c26-20(11-15-3-1-2-4-15)24-17-5-7-18(8-6-17)25-13-16(12-23-25)19-9-10-21-14-22-19/h1,3,9-10,12-15,17-18H,2,4-8,11H2,(H,24,26). The van der Waals surface area contributed by atoms with Crippen LogP contribution in [0, 0.1) is 5.92 Å². The van der Waals surface area contributed by atoms with Gasteiger partial charge < -0.3 is 5.32 Å². The molecule has 6 nitrogen and oxygen atoms in total. The van der Waals surface area contributed by atoms with E-state index in [2.05, 4.69) is 43.4 Å².